The number of amides is 1. The summed E-state index contributed by atoms with van der Waals surface area (Å²) in [4.78, 5) is 51.1. The van der Waals surface area contributed by atoms with Crippen molar-refractivity contribution in [2.24, 2.45) is 7.05 Å². The van der Waals surface area contributed by atoms with Gasteiger partial charge in [-0.15, -0.1) is 0 Å². The van der Waals surface area contributed by atoms with Crippen LogP contribution in [0, 0.1) is 11.3 Å². The van der Waals surface area contributed by atoms with Crippen molar-refractivity contribution in [3.63, 3.8) is 0 Å². The smallest absolute Gasteiger partial charge is 0.322 e. The number of nitriles is 1. The molecule has 3 aromatic rings. The lowest BCUT2D eigenvalue weighted by atomic mass is 10.1. The Morgan fingerprint density at radius 2 is 1.79 bits per heavy atom. The lowest BCUT2D eigenvalue weighted by Gasteiger charge is -2.16. The van der Waals surface area contributed by atoms with Crippen molar-refractivity contribution < 1.29 is 4.79 Å². The van der Waals surface area contributed by atoms with Gasteiger partial charge in [0.1, 0.15) is 5.65 Å². The normalized spacial score (nSPS) is 10.7. The van der Waals surface area contributed by atoms with Crippen molar-refractivity contribution >= 4 is 22.6 Å². The van der Waals surface area contributed by atoms with Gasteiger partial charge < -0.3 is 5.32 Å². The summed E-state index contributed by atoms with van der Waals surface area (Å²) in [6, 6.07) is 9.34. The van der Waals surface area contributed by atoms with Crippen LogP contribution in [0.2, 0.25) is 0 Å². The third-order valence-corrected chi connectivity index (χ3v) is 4.70. The van der Waals surface area contributed by atoms with Gasteiger partial charge in [0.25, 0.3) is 17.0 Å². The van der Waals surface area contributed by atoms with Crippen LogP contribution in [0.1, 0.15) is 29.8 Å². The molecule has 0 aliphatic rings. The van der Waals surface area contributed by atoms with Crippen molar-refractivity contribution in [3.8, 4) is 6.07 Å². The highest BCUT2D eigenvalue weighted by Gasteiger charge is 2.22. The van der Waals surface area contributed by atoms with Crippen molar-refractivity contribution in [1.29, 1.82) is 5.26 Å². The topological polar surface area (TPSA) is 119 Å². The van der Waals surface area contributed by atoms with Gasteiger partial charge in [-0.25, -0.2) is 4.79 Å². The Labute approximate surface area is 165 Å². The molecule has 3 rings (SSSR count). The Balaban J connectivity index is 2.33. The molecule has 9 nitrogen and oxygen atoms in total. The van der Waals surface area contributed by atoms with Gasteiger partial charge >= 0.3 is 5.69 Å². The molecule has 0 spiro atoms. The van der Waals surface area contributed by atoms with Crippen LogP contribution in [0.5, 0.6) is 0 Å². The van der Waals surface area contributed by atoms with Gasteiger partial charge in [-0.1, -0.05) is 6.07 Å². The molecule has 1 amide bonds. The molecule has 1 N–H and O–H groups in total. The standard InChI is InChI=1S/C20H19N5O4/c1-4-24-15(26)10-14(17(27)22-13-8-6-7-12(9-13)11-21)16-18(24)23(3)20(29)25(5-2)19(16)28/h6-10H,4-5H2,1-3H3,(H,22,27). The van der Waals surface area contributed by atoms with E-state index in [1.165, 1.54) is 22.2 Å². The number of aromatic nitrogens is 3. The summed E-state index contributed by atoms with van der Waals surface area (Å²) in [5.74, 6) is -0.677. The van der Waals surface area contributed by atoms with Crippen LogP contribution in [0.25, 0.3) is 11.0 Å². The van der Waals surface area contributed by atoms with E-state index in [-0.39, 0.29) is 29.7 Å². The lowest BCUT2D eigenvalue weighted by molar-refractivity contribution is 0.102. The van der Waals surface area contributed by atoms with Gasteiger partial charge in [0, 0.05) is 31.9 Å². The summed E-state index contributed by atoms with van der Waals surface area (Å²) in [6.07, 6.45) is 0. The molecule has 9 heteroatoms. The Bertz CT molecular complexity index is 1350. The van der Waals surface area contributed by atoms with Gasteiger partial charge in [0.15, 0.2) is 0 Å². The zero-order valence-electron chi connectivity index (χ0n) is 16.2. The molecule has 0 bridgehead atoms. The van der Waals surface area contributed by atoms with Gasteiger partial charge in [-0.3, -0.25) is 28.1 Å². The number of pyridine rings is 1. The summed E-state index contributed by atoms with van der Waals surface area (Å²) in [6.45, 7) is 3.71. The molecular formula is C20H19N5O4. The number of rotatable bonds is 4. The maximum absolute atomic E-state index is 13.0. The Hall–Kier alpha value is -3.93. The van der Waals surface area contributed by atoms with Gasteiger partial charge in [-0.2, -0.15) is 5.26 Å². The van der Waals surface area contributed by atoms with E-state index in [0.717, 1.165) is 10.6 Å². The SMILES string of the molecule is CCn1c(=O)c2c(C(=O)Nc3cccc(C#N)c3)cc(=O)n(CC)c2n(C)c1=O. The van der Waals surface area contributed by atoms with Crippen LogP contribution < -0.4 is 22.1 Å². The average Bonchev–Trinajstić information content (AvgIpc) is 2.71. The fraction of sp³-hybridized carbons (Fsp3) is 0.250. The second-order valence-corrected chi connectivity index (χ2v) is 6.38. The predicted octanol–water partition coefficient (Wildman–Crippen LogP) is 1.03. The van der Waals surface area contributed by atoms with E-state index in [1.807, 2.05) is 6.07 Å². The maximum atomic E-state index is 13.0. The van der Waals surface area contributed by atoms with Gasteiger partial charge in [-0.05, 0) is 32.0 Å². The first kappa shape index (κ1) is 19.8. The highest BCUT2D eigenvalue weighted by Crippen LogP contribution is 2.16. The molecule has 29 heavy (non-hydrogen) atoms. The van der Waals surface area contributed by atoms with E-state index in [1.54, 1.807) is 32.0 Å². The summed E-state index contributed by atoms with van der Waals surface area (Å²) < 4.78 is 3.50. The number of anilines is 1. The van der Waals surface area contributed by atoms with E-state index >= 15 is 0 Å². The second kappa shape index (κ2) is 7.59. The maximum Gasteiger partial charge on any atom is 0.332 e. The van der Waals surface area contributed by atoms with Crippen molar-refractivity contribution in [1.82, 2.24) is 13.7 Å². The number of fused-ring (bicyclic) bond motifs is 1. The molecule has 0 radical (unpaired) electrons. The van der Waals surface area contributed by atoms with Crippen molar-refractivity contribution in [2.75, 3.05) is 5.32 Å². The van der Waals surface area contributed by atoms with E-state index in [9.17, 15) is 19.2 Å². The predicted molar refractivity (Wildman–Crippen MR) is 108 cm³/mol. The highest BCUT2D eigenvalue weighted by molar-refractivity contribution is 6.11. The number of nitrogens with one attached hydrogen (secondary N) is 1. The number of nitrogens with zero attached hydrogens (tertiary/aromatic N) is 4. The highest BCUT2D eigenvalue weighted by atomic mass is 16.2. The largest absolute Gasteiger partial charge is 0.332 e. The quantitative estimate of drug-likeness (QED) is 0.710. The van der Waals surface area contributed by atoms with Crippen LogP contribution >= 0.6 is 0 Å². The Kier molecular flexibility index (Phi) is 5.19. The molecule has 2 heterocycles. The summed E-state index contributed by atoms with van der Waals surface area (Å²) in [7, 11) is 1.46. The average molecular weight is 393 g/mol. The van der Waals surface area contributed by atoms with Gasteiger partial charge in [0.05, 0.1) is 22.6 Å². The summed E-state index contributed by atoms with van der Waals surface area (Å²) in [5.41, 5.74) is -1.03. The minimum atomic E-state index is -0.677. The zero-order chi connectivity index (χ0) is 21.3. The number of hydrogen-bond acceptors (Lipinski definition) is 5. The second-order valence-electron chi connectivity index (χ2n) is 6.38. The van der Waals surface area contributed by atoms with E-state index in [4.69, 9.17) is 5.26 Å². The molecule has 148 valence electrons. The van der Waals surface area contributed by atoms with Crippen LogP contribution in [0.4, 0.5) is 5.69 Å². The summed E-state index contributed by atoms with van der Waals surface area (Å²) in [5, 5.41) is 11.6. The first-order valence-corrected chi connectivity index (χ1v) is 9.02. The van der Waals surface area contributed by atoms with Crippen LogP contribution in [-0.4, -0.2) is 19.6 Å². The molecule has 2 aromatic heterocycles. The zero-order valence-corrected chi connectivity index (χ0v) is 16.2. The first-order chi connectivity index (χ1) is 13.8. The third-order valence-electron chi connectivity index (χ3n) is 4.70. The fourth-order valence-corrected chi connectivity index (χ4v) is 3.31. The Morgan fingerprint density at radius 1 is 1.10 bits per heavy atom. The fourth-order valence-electron chi connectivity index (χ4n) is 3.31. The molecular weight excluding hydrogens is 374 g/mol. The number of benzene rings is 1. The van der Waals surface area contributed by atoms with E-state index in [2.05, 4.69) is 5.32 Å². The number of aryl methyl sites for hydroxylation is 2. The number of carbonyl (C=O) groups excluding carboxylic acids is 1. The van der Waals surface area contributed by atoms with Crippen molar-refractivity contribution in [3.05, 3.63) is 72.7 Å². The summed E-state index contributed by atoms with van der Waals surface area (Å²) >= 11 is 0. The molecule has 0 saturated carbocycles. The van der Waals surface area contributed by atoms with E-state index in [0.29, 0.717) is 11.3 Å². The minimum Gasteiger partial charge on any atom is -0.322 e. The van der Waals surface area contributed by atoms with E-state index < -0.39 is 22.7 Å². The monoisotopic (exact) mass is 393 g/mol. The van der Waals surface area contributed by atoms with Crippen LogP contribution in [0.15, 0.2) is 44.7 Å². The Morgan fingerprint density at radius 3 is 2.41 bits per heavy atom. The van der Waals surface area contributed by atoms with Crippen LogP contribution in [-0.2, 0) is 20.1 Å². The number of carbonyl (C=O) groups is 1. The van der Waals surface area contributed by atoms with Gasteiger partial charge in [0.2, 0.25) is 0 Å². The molecule has 0 atom stereocenters. The number of hydrogen-bond donors (Lipinski definition) is 1. The minimum absolute atomic E-state index is 0.00987. The molecule has 1 aromatic carbocycles. The molecule has 0 saturated heterocycles. The molecule has 0 fully saturated rings. The van der Waals surface area contributed by atoms with Crippen LogP contribution in [0.3, 0.4) is 0 Å². The molecule has 0 aliphatic carbocycles. The molecule has 0 unspecified atom stereocenters. The van der Waals surface area contributed by atoms with Crippen molar-refractivity contribution in [2.45, 2.75) is 26.9 Å². The lowest BCUT2D eigenvalue weighted by Crippen LogP contribution is -2.42. The molecule has 0 aliphatic heterocycles. The first-order valence-electron chi connectivity index (χ1n) is 9.02. The third kappa shape index (κ3) is 3.25.